The molecule has 0 radical (unpaired) electrons. The summed E-state index contributed by atoms with van der Waals surface area (Å²) in [6.07, 6.45) is 0. The van der Waals surface area contributed by atoms with E-state index in [1.165, 1.54) is 0 Å². The molecule has 0 fully saturated rings. The minimum atomic E-state index is -1.48. The summed E-state index contributed by atoms with van der Waals surface area (Å²) in [5, 5.41) is 19.0. The summed E-state index contributed by atoms with van der Waals surface area (Å²) in [6.45, 7) is 0. The van der Waals surface area contributed by atoms with Gasteiger partial charge in [0.05, 0.1) is 9.85 Å². The van der Waals surface area contributed by atoms with E-state index < -0.39 is 42.9 Å². The summed E-state index contributed by atoms with van der Waals surface area (Å²) >= 11 is 10.5. The molecule has 1 rings (SSSR count). The smallest absolute Gasteiger partial charge is 0.280 e. The van der Waals surface area contributed by atoms with Gasteiger partial charge < -0.3 is 0 Å². The van der Waals surface area contributed by atoms with E-state index in [0.29, 0.717) is 0 Å². The number of Topliss-reactive ketones (excluding diaryl/α,β-unsaturated/α-hetero) is 2. The molecule has 0 aromatic heterocycles. The van der Waals surface area contributed by atoms with Crippen molar-refractivity contribution in [3.63, 3.8) is 0 Å². The van der Waals surface area contributed by atoms with Crippen LogP contribution in [0.1, 0.15) is 0 Å². The van der Waals surface area contributed by atoms with E-state index in [-0.39, 0.29) is 0 Å². The Labute approximate surface area is 96.4 Å². The zero-order valence-corrected chi connectivity index (χ0v) is 8.61. The van der Waals surface area contributed by atoms with Gasteiger partial charge in [0.2, 0.25) is 0 Å². The van der Waals surface area contributed by atoms with Crippen LogP contribution in [0.2, 0.25) is 0 Å². The fraction of sp³-hybridized carbons (Fsp3) is 0. The van der Waals surface area contributed by atoms with Gasteiger partial charge in [0.25, 0.3) is 11.6 Å². The topological polar surface area (TPSA) is 120 Å². The monoisotopic (exact) mass is 266 g/mol. The van der Waals surface area contributed by atoms with Crippen LogP contribution < -0.4 is 0 Å². The summed E-state index contributed by atoms with van der Waals surface area (Å²) in [4.78, 5) is 40.6. The van der Waals surface area contributed by atoms with Crippen molar-refractivity contribution in [2.24, 2.45) is 0 Å². The first-order valence-corrected chi connectivity index (χ1v) is 4.22. The Morgan fingerprint density at radius 1 is 0.812 bits per heavy atom. The third kappa shape index (κ3) is 1.68. The highest BCUT2D eigenvalue weighted by atomic mass is 35.5. The van der Waals surface area contributed by atoms with Crippen LogP contribution in [-0.2, 0) is 9.59 Å². The van der Waals surface area contributed by atoms with Gasteiger partial charge in [0.15, 0.2) is 0 Å². The molecule has 0 aliphatic heterocycles. The van der Waals surface area contributed by atoms with Gasteiger partial charge in [0.1, 0.15) is 10.1 Å². The molecule has 0 unspecified atom stereocenters. The molecule has 0 amide bonds. The lowest BCUT2D eigenvalue weighted by molar-refractivity contribution is -0.462. The largest absolute Gasteiger partial charge is 0.398 e. The van der Waals surface area contributed by atoms with Crippen molar-refractivity contribution in [1.82, 2.24) is 0 Å². The summed E-state index contributed by atoms with van der Waals surface area (Å²) < 4.78 is 0. The van der Waals surface area contributed by atoms with Crippen molar-refractivity contribution >= 4 is 34.8 Å². The Balaban J connectivity index is 3.58. The van der Waals surface area contributed by atoms with Crippen molar-refractivity contribution in [2.75, 3.05) is 0 Å². The first-order valence-electron chi connectivity index (χ1n) is 3.46. The molecule has 1 aliphatic rings. The lowest BCUT2D eigenvalue weighted by Crippen LogP contribution is -2.28. The highest BCUT2D eigenvalue weighted by molar-refractivity contribution is 6.58. The highest BCUT2D eigenvalue weighted by Gasteiger charge is 2.48. The Morgan fingerprint density at radius 2 is 1.06 bits per heavy atom. The van der Waals surface area contributed by atoms with E-state index in [1.54, 1.807) is 0 Å². The van der Waals surface area contributed by atoms with Gasteiger partial charge in [-0.2, -0.15) is 0 Å². The normalized spacial score (nSPS) is 16.9. The standard InChI is InChI=1S/C6Cl2N2O6/c7-1-2(8)6(12)4(10(15)16)3(5(1)11)9(13)14. The molecule has 0 saturated carbocycles. The number of hydrogen-bond acceptors (Lipinski definition) is 6. The molecule has 0 spiro atoms. The maximum atomic E-state index is 11.2. The van der Waals surface area contributed by atoms with Crippen LogP contribution in [0.15, 0.2) is 21.5 Å². The van der Waals surface area contributed by atoms with E-state index >= 15 is 0 Å². The lowest BCUT2D eigenvalue weighted by atomic mass is 10.1. The Kier molecular flexibility index (Phi) is 3.06. The van der Waals surface area contributed by atoms with Crippen LogP contribution in [-0.4, -0.2) is 21.4 Å². The molecule has 0 aromatic rings. The van der Waals surface area contributed by atoms with E-state index in [1.807, 2.05) is 0 Å². The van der Waals surface area contributed by atoms with Crippen LogP contribution in [0.5, 0.6) is 0 Å². The minimum absolute atomic E-state index is 0.899. The second kappa shape index (κ2) is 3.99. The van der Waals surface area contributed by atoms with Crippen LogP contribution in [0, 0.1) is 20.2 Å². The van der Waals surface area contributed by atoms with E-state index in [0.717, 1.165) is 0 Å². The SMILES string of the molecule is O=C1C(Cl)=C(Cl)C(=O)C([N+](=O)[O-])=C1[N+](=O)[O-]. The fourth-order valence-corrected chi connectivity index (χ4v) is 1.31. The quantitative estimate of drug-likeness (QED) is 0.410. The number of nitro groups is 2. The van der Waals surface area contributed by atoms with Crippen molar-refractivity contribution in [2.45, 2.75) is 0 Å². The predicted molar refractivity (Wildman–Crippen MR) is 49.8 cm³/mol. The molecular formula is C6Cl2N2O6. The van der Waals surface area contributed by atoms with Crippen molar-refractivity contribution in [1.29, 1.82) is 0 Å². The number of rotatable bonds is 2. The number of carbonyl (C=O) groups is 2. The maximum absolute atomic E-state index is 11.2. The molecule has 0 heterocycles. The average molecular weight is 267 g/mol. The first kappa shape index (κ1) is 12.3. The van der Waals surface area contributed by atoms with Gasteiger partial charge in [0, 0.05) is 0 Å². The average Bonchev–Trinajstić information content (AvgIpc) is 2.18. The zero-order valence-electron chi connectivity index (χ0n) is 7.10. The second-order valence-electron chi connectivity index (χ2n) is 2.50. The summed E-state index contributed by atoms with van der Waals surface area (Å²) in [7, 11) is 0. The first-order chi connectivity index (χ1) is 7.29. The Hall–Kier alpha value is -1.80. The number of ketones is 2. The number of allylic oxidation sites excluding steroid dienone is 2. The van der Waals surface area contributed by atoms with E-state index in [2.05, 4.69) is 0 Å². The maximum Gasteiger partial charge on any atom is 0.398 e. The van der Waals surface area contributed by atoms with Gasteiger partial charge in [-0.3, -0.25) is 29.8 Å². The molecule has 1 aliphatic carbocycles. The molecule has 8 nitrogen and oxygen atoms in total. The van der Waals surface area contributed by atoms with Gasteiger partial charge in [-0.15, -0.1) is 0 Å². The van der Waals surface area contributed by atoms with Gasteiger partial charge in [-0.05, 0) is 0 Å². The van der Waals surface area contributed by atoms with E-state index in [9.17, 15) is 29.8 Å². The lowest BCUT2D eigenvalue weighted by Gasteiger charge is -2.06. The zero-order chi connectivity index (χ0) is 12.6. The third-order valence-corrected chi connectivity index (χ3v) is 2.43. The van der Waals surface area contributed by atoms with Crippen molar-refractivity contribution < 1.29 is 19.4 Å². The van der Waals surface area contributed by atoms with Gasteiger partial charge >= 0.3 is 11.4 Å². The van der Waals surface area contributed by atoms with Crippen LogP contribution >= 0.6 is 23.2 Å². The molecule has 0 atom stereocenters. The second-order valence-corrected chi connectivity index (χ2v) is 3.25. The summed E-state index contributed by atoms with van der Waals surface area (Å²) in [5.41, 5.74) is -2.96. The predicted octanol–water partition coefficient (Wildman–Crippen LogP) is 0.592. The fourth-order valence-electron chi connectivity index (χ4n) is 0.961. The molecule has 0 aromatic carbocycles. The minimum Gasteiger partial charge on any atom is -0.280 e. The van der Waals surface area contributed by atoms with Crippen LogP contribution in [0.3, 0.4) is 0 Å². The Morgan fingerprint density at radius 3 is 1.25 bits per heavy atom. The van der Waals surface area contributed by atoms with Gasteiger partial charge in [-0.25, -0.2) is 0 Å². The molecule has 0 N–H and O–H groups in total. The molecule has 16 heavy (non-hydrogen) atoms. The molecule has 10 heteroatoms. The number of carbonyl (C=O) groups excluding carboxylic acids is 2. The summed E-state index contributed by atoms with van der Waals surface area (Å²) in [5.74, 6) is -2.91. The highest BCUT2D eigenvalue weighted by Crippen LogP contribution is 2.29. The van der Waals surface area contributed by atoms with Crippen LogP contribution in [0.25, 0.3) is 0 Å². The van der Waals surface area contributed by atoms with E-state index in [4.69, 9.17) is 23.2 Å². The number of hydrogen-bond donors (Lipinski definition) is 0. The number of nitrogens with zero attached hydrogens (tertiary/aromatic N) is 2. The Bertz CT molecular complexity index is 461. The molecular weight excluding hydrogens is 267 g/mol. The summed E-state index contributed by atoms with van der Waals surface area (Å²) in [6, 6.07) is 0. The van der Waals surface area contributed by atoms with Crippen molar-refractivity contribution in [3.8, 4) is 0 Å². The number of halogens is 2. The van der Waals surface area contributed by atoms with Crippen LogP contribution in [0.4, 0.5) is 0 Å². The molecule has 84 valence electrons. The molecule has 0 bridgehead atoms. The van der Waals surface area contributed by atoms with Crippen molar-refractivity contribution in [3.05, 3.63) is 41.7 Å². The third-order valence-electron chi connectivity index (χ3n) is 1.61. The van der Waals surface area contributed by atoms with Gasteiger partial charge in [-0.1, -0.05) is 23.2 Å². The molecule has 0 saturated heterocycles.